The van der Waals surface area contributed by atoms with Gasteiger partial charge in [0.1, 0.15) is 0 Å². The maximum Gasteiger partial charge on any atom is 0.336 e. The average Bonchev–Trinajstić information content (AvgIpc) is 2.18. The van der Waals surface area contributed by atoms with Crippen LogP contribution in [0.25, 0.3) is 0 Å². The number of anilines is 1. The lowest BCUT2D eigenvalue weighted by molar-refractivity contribution is -0.117. The van der Waals surface area contributed by atoms with Crippen LogP contribution in [0.2, 0.25) is 0 Å². The van der Waals surface area contributed by atoms with Crippen LogP contribution >= 0.6 is 0 Å². The number of carboxylic acids is 1. The second-order valence-corrected chi connectivity index (χ2v) is 6.07. The van der Waals surface area contributed by atoms with Gasteiger partial charge >= 0.3 is 5.97 Å². The molecule has 104 valence electrons. The van der Waals surface area contributed by atoms with Gasteiger partial charge in [0.25, 0.3) is 0 Å². The van der Waals surface area contributed by atoms with Crippen LogP contribution in [0, 0.1) is 19.3 Å². The molecule has 1 rings (SSSR count). The molecule has 1 aromatic rings. The van der Waals surface area contributed by atoms with Gasteiger partial charge in [0.05, 0.1) is 5.56 Å². The number of benzene rings is 1. The molecular formula is C15H21NO3. The van der Waals surface area contributed by atoms with Crippen LogP contribution in [-0.2, 0) is 4.79 Å². The average molecular weight is 263 g/mol. The van der Waals surface area contributed by atoms with Crippen LogP contribution in [-0.4, -0.2) is 17.0 Å². The Balaban J connectivity index is 2.99. The normalized spacial score (nSPS) is 11.2. The third kappa shape index (κ3) is 4.39. The standard InChI is InChI=1S/C15H21NO3/c1-9-6-10(2)12(7-11(9)14(18)19)16-13(17)8-15(3,4)5/h6-7H,8H2,1-5H3,(H,16,17)(H,18,19). The van der Waals surface area contributed by atoms with E-state index in [0.717, 1.165) is 5.56 Å². The zero-order valence-corrected chi connectivity index (χ0v) is 12.1. The van der Waals surface area contributed by atoms with Crippen molar-refractivity contribution in [2.24, 2.45) is 5.41 Å². The predicted octanol–water partition coefficient (Wildman–Crippen LogP) is 3.38. The molecule has 0 aliphatic rings. The van der Waals surface area contributed by atoms with Crippen LogP contribution in [0.1, 0.15) is 48.7 Å². The predicted molar refractivity (Wildman–Crippen MR) is 75.6 cm³/mol. The van der Waals surface area contributed by atoms with Crippen LogP contribution in [0.4, 0.5) is 5.69 Å². The van der Waals surface area contributed by atoms with Crippen molar-refractivity contribution in [3.63, 3.8) is 0 Å². The molecule has 0 bridgehead atoms. The number of rotatable bonds is 3. The maximum atomic E-state index is 11.9. The number of hydrogen-bond donors (Lipinski definition) is 2. The van der Waals surface area contributed by atoms with Gasteiger partial charge in [0.15, 0.2) is 0 Å². The number of carboxylic acid groups (broad SMARTS) is 1. The fraction of sp³-hybridized carbons (Fsp3) is 0.467. The molecule has 0 saturated heterocycles. The molecule has 19 heavy (non-hydrogen) atoms. The molecular weight excluding hydrogens is 242 g/mol. The summed E-state index contributed by atoms with van der Waals surface area (Å²) in [6.07, 6.45) is 0.392. The number of aryl methyl sites for hydroxylation is 2. The smallest absolute Gasteiger partial charge is 0.336 e. The minimum Gasteiger partial charge on any atom is -0.478 e. The maximum absolute atomic E-state index is 11.9. The molecule has 0 heterocycles. The number of carbonyl (C=O) groups excluding carboxylic acids is 1. The molecule has 0 atom stereocenters. The van der Waals surface area contributed by atoms with Gasteiger partial charge in [0.2, 0.25) is 5.91 Å². The van der Waals surface area contributed by atoms with Crippen molar-refractivity contribution in [3.05, 3.63) is 28.8 Å². The molecule has 4 heteroatoms. The van der Waals surface area contributed by atoms with Crippen LogP contribution in [0.5, 0.6) is 0 Å². The van der Waals surface area contributed by atoms with E-state index in [4.69, 9.17) is 5.11 Å². The lowest BCUT2D eigenvalue weighted by atomic mass is 9.92. The molecule has 2 N–H and O–H groups in total. The topological polar surface area (TPSA) is 66.4 Å². The third-order valence-electron chi connectivity index (χ3n) is 2.77. The molecule has 1 amide bonds. The molecule has 4 nitrogen and oxygen atoms in total. The monoisotopic (exact) mass is 263 g/mol. The van der Waals surface area contributed by atoms with Crippen LogP contribution in [0.15, 0.2) is 12.1 Å². The highest BCUT2D eigenvalue weighted by Gasteiger charge is 2.17. The minimum absolute atomic E-state index is 0.0989. The van der Waals surface area contributed by atoms with Gasteiger partial charge in [-0.3, -0.25) is 4.79 Å². The SMILES string of the molecule is Cc1cc(C)c(C(=O)O)cc1NC(=O)CC(C)(C)C. The summed E-state index contributed by atoms with van der Waals surface area (Å²) in [7, 11) is 0. The Hall–Kier alpha value is -1.84. The third-order valence-corrected chi connectivity index (χ3v) is 2.77. The van der Waals surface area contributed by atoms with Gasteiger partial charge < -0.3 is 10.4 Å². The number of aromatic carboxylic acids is 1. The van der Waals surface area contributed by atoms with E-state index in [1.807, 2.05) is 27.7 Å². The molecule has 0 saturated carbocycles. The fourth-order valence-corrected chi connectivity index (χ4v) is 1.89. The zero-order chi connectivity index (χ0) is 14.8. The van der Waals surface area contributed by atoms with Crippen LogP contribution in [0.3, 0.4) is 0 Å². The lowest BCUT2D eigenvalue weighted by Crippen LogP contribution is -2.20. The van der Waals surface area contributed by atoms with Crippen molar-refractivity contribution >= 4 is 17.6 Å². The van der Waals surface area contributed by atoms with Gasteiger partial charge in [-0.15, -0.1) is 0 Å². The van der Waals surface area contributed by atoms with Gasteiger partial charge in [-0.25, -0.2) is 4.79 Å². The molecule has 0 fully saturated rings. The first kappa shape index (κ1) is 15.2. The van der Waals surface area contributed by atoms with Gasteiger partial charge in [-0.2, -0.15) is 0 Å². The van der Waals surface area contributed by atoms with Crippen molar-refractivity contribution in [3.8, 4) is 0 Å². The summed E-state index contributed by atoms with van der Waals surface area (Å²) in [5.41, 5.74) is 2.25. The molecule has 1 aromatic carbocycles. The summed E-state index contributed by atoms with van der Waals surface area (Å²) in [4.78, 5) is 23.0. The van der Waals surface area contributed by atoms with Gasteiger partial charge in [0, 0.05) is 12.1 Å². The Morgan fingerprint density at radius 3 is 2.21 bits per heavy atom. The highest BCUT2D eigenvalue weighted by molar-refractivity contribution is 5.95. The molecule has 0 radical (unpaired) electrons. The molecule has 0 aliphatic carbocycles. The van der Waals surface area contributed by atoms with E-state index in [-0.39, 0.29) is 16.9 Å². The first-order valence-corrected chi connectivity index (χ1v) is 6.24. The number of hydrogen-bond acceptors (Lipinski definition) is 2. The van der Waals surface area contributed by atoms with Crippen molar-refractivity contribution in [1.29, 1.82) is 0 Å². The first-order valence-electron chi connectivity index (χ1n) is 6.24. The molecule has 0 aromatic heterocycles. The minimum atomic E-state index is -0.983. The highest BCUT2D eigenvalue weighted by Crippen LogP contribution is 2.23. The Morgan fingerprint density at radius 1 is 1.16 bits per heavy atom. The first-order chi connectivity index (χ1) is 8.60. The van der Waals surface area contributed by atoms with Crippen molar-refractivity contribution < 1.29 is 14.7 Å². The summed E-state index contributed by atoms with van der Waals surface area (Å²) < 4.78 is 0. The summed E-state index contributed by atoms with van der Waals surface area (Å²) in [5, 5.41) is 11.9. The summed E-state index contributed by atoms with van der Waals surface area (Å²) in [6, 6.07) is 3.30. The Morgan fingerprint density at radius 2 is 1.74 bits per heavy atom. The lowest BCUT2D eigenvalue weighted by Gasteiger charge is -2.18. The molecule has 0 unspecified atom stereocenters. The van der Waals surface area contributed by atoms with Gasteiger partial charge in [-0.1, -0.05) is 26.8 Å². The summed E-state index contributed by atoms with van der Waals surface area (Å²) in [6.45, 7) is 9.55. The van der Waals surface area contributed by atoms with E-state index in [9.17, 15) is 9.59 Å². The van der Waals surface area contributed by atoms with E-state index in [2.05, 4.69) is 5.32 Å². The van der Waals surface area contributed by atoms with Crippen molar-refractivity contribution in [1.82, 2.24) is 0 Å². The highest BCUT2D eigenvalue weighted by atomic mass is 16.4. The number of nitrogens with one attached hydrogen (secondary N) is 1. The number of carbonyl (C=O) groups is 2. The fourth-order valence-electron chi connectivity index (χ4n) is 1.89. The largest absolute Gasteiger partial charge is 0.478 e. The van der Waals surface area contributed by atoms with E-state index in [1.165, 1.54) is 6.07 Å². The Labute approximate surface area is 113 Å². The number of amides is 1. The second kappa shape index (κ2) is 5.43. The quantitative estimate of drug-likeness (QED) is 0.878. The van der Waals surface area contributed by atoms with Gasteiger partial charge in [-0.05, 0) is 36.5 Å². The van der Waals surface area contributed by atoms with Crippen molar-refractivity contribution in [2.75, 3.05) is 5.32 Å². The summed E-state index contributed by atoms with van der Waals surface area (Å²) in [5.74, 6) is -1.08. The van der Waals surface area contributed by atoms with E-state index >= 15 is 0 Å². The molecule has 0 spiro atoms. The van der Waals surface area contributed by atoms with Crippen LogP contribution < -0.4 is 5.32 Å². The van der Waals surface area contributed by atoms with E-state index in [0.29, 0.717) is 17.7 Å². The Kier molecular flexibility index (Phi) is 4.35. The Bertz CT molecular complexity index is 513. The summed E-state index contributed by atoms with van der Waals surface area (Å²) >= 11 is 0. The van der Waals surface area contributed by atoms with E-state index < -0.39 is 5.97 Å². The van der Waals surface area contributed by atoms with E-state index in [1.54, 1.807) is 13.0 Å². The second-order valence-electron chi connectivity index (χ2n) is 6.07. The van der Waals surface area contributed by atoms with Crippen molar-refractivity contribution in [2.45, 2.75) is 41.0 Å². The molecule has 0 aliphatic heterocycles. The zero-order valence-electron chi connectivity index (χ0n) is 12.1.